The second-order valence-electron chi connectivity index (χ2n) is 5.94. The van der Waals surface area contributed by atoms with Crippen LogP contribution in [0, 0.1) is 5.41 Å². The summed E-state index contributed by atoms with van der Waals surface area (Å²) in [7, 11) is 2.13. The first-order valence-electron chi connectivity index (χ1n) is 6.01. The summed E-state index contributed by atoms with van der Waals surface area (Å²) in [5.74, 6) is 0. The monoisotopic (exact) mass is 241 g/mol. The van der Waals surface area contributed by atoms with Crippen LogP contribution in [-0.4, -0.2) is 23.4 Å². The first-order chi connectivity index (χ1) is 7.21. The van der Waals surface area contributed by atoms with Crippen molar-refractivity contribution >= 4 is 11.6 Å². The Morgan fingerprint density at radius 3 is 2.38 bits per heavy atom. The zero-order valence-electron chi connectivity index (χ0n) is 11.3. The number of hydrogen-bond acceptors (Lipinski definition) is 1. The average Bonchev–Trinajstić information content (AvgIpc) is 2.14. The van der Waals surface area contributed by atoms with Crippen LogP contribution in [0.3, 0.4) is 0 Å². The molecular weight excluding hydrogens is 218 g/mol. The lowest BCUT2D eigenvalue weighted by molar-refractivity contribution is 0.348. The molecule has 1 aliphatic carbocycles. The fourth-order valence-electron chi connectivity index (χ4n) is 1.78. The van der Waals surface area contributed by atoms with E-state index in [1.54, 1.807) is 0 Å². The van der Waals surface area contributed by atoms with Crippen LogP contribution in [0.1, 0.15) is 41.0 Å². The van der Waals surface area contributed by atoms with Gasteiger partial charge in [-0.05, 0) is 37.8 Å². The van der Waals surface area contributed by atoms with E-state index in [1.807, 2.05) is 0 Å². The van der Waals surface area contributed by atoms with Crippen molar-refractivity contribution < 1.29 is 0 Å². The lowest BCUT2D eigenvalue weighted by Gasteiger charge is -2.33. The molecule has 0 bridgehead atoms. The third-order valence-corrected chi connectivity index (χ3v) is 3.51. The Kier molecular flexibility index (Phi) is 4.12. The smallest absolute Gasteiger partial charge is 0.0576 e. The molecule has 92 valence electrons. The van der Waals surface area contributed by atoms with E-state index in [0.29, 0.717) is 6.04 Å². The summed E-state index contributed by atoms with van der Waals surface area (Å²) >= 11 is 6.32. The lowest BCUT2D eigenvalue weighted by Crippen LogP contribution is -2.28. The van der Waals surface area contributed by atoms with Gasteiger partial charge in [-0.2, -0.15) is 0 Å². The molecule has 2 heteroatoms. The van der Waals surface area contributed by atoms with Crippen LogP contribution in [0.2, 0.25) is 0 Å². The average molecular weight is 242 g/mol. The second kappa shape index (κ2) is 4.83. The van der Waals surface area contributed by atoms with Crippen LogP contribution < -0.4 is 0 Å². The van der Waals surface area contributed by atoms with Gasteiger partial charge >= 0.3 is 0 Å². The van der Waals surface area contributed by atoms with Gasteiger partial charge in [0.1, 0.15) is 0 Å². The summed E-state index contributed by atoms with van der Waals surface area (Å²) < 4.78 is 0. The molecule has 0 aliphatic heterocycles. The summed E-state index contributed by atoms with van der Waals surface area (Å²) in [4.78, 5) is 2.28. The molecule has 0 amide bonds. The number of halogens is 1. The summed E-state index contributed by atoms with van der Waals surface area (Å²) in [5, 5.41) is 0.135. The van der Waals surface area contributed by atoms with E-state index in [4.69, 9.17) is 11.6 Å². The number of alkyl halides is 1. The third kappa shape index (κ3) is 3.28. The van der Waals surface area contributed by atoms with Gasteiger partial charge in [0.05, 0.1) is 5.38 Å². The molecule has 0 N–H and O–H groups in total. The highest BCUT2D eigenvalue weighted by molar-refractivity contribution is 6.22. The van der Waals surface area contributed by atoms with Crippen molar-refractivity contribution in [3.05, 3.63) is 23.4 Å². The number of likely N-dealkylation sites (N-methyl/N-ethyl adjacent to an activating group) is 1. The van der Waals surface area contributed by atoms with E-state index in [2.05, 4.69) is 58.7 Å². The summed E-state index contributed by atoms with van der Waals surface area (Å²) in [6.07, 6.45) is 5.44. The van der Waals surface area contributed by atoms with E-state index in [1.165, 1.54) is 11.3 Å². The van der Waals surface area contributed by atoms with E-state index in [9.17, 15) is 0 Å². The molecule has 1 nitrogen and oxygen atoms in total. The summed E-state index contributed by atoms with van der Waals surface area (Å²) in [5.41, 5.74) is 2.91. The zero-order chi connectivity index (χ0) is 12.5. The molecule has 1 unspecified atom stereocenters. The minimum absolute atomic E-state index is 0.135. The molecule has 1 atom stereocenters. The lowest BCUT2D eigenvalue weighted by atomic mass is 9.81. The van der Waals surface area contributed by atoms with E-state index in [0.717, 1.165) is 6.42 Å². The van der Waals surface area contributed by atoms with E-state index < -0.39 is 0 Å². The van der Waals surface area contributed by atoms with Crippen molar-refractivity contribution in [3.63, 3.8) is 0 Å². The van der Waals surface area contributed by atoms with E-state index >= 15 is 0 Å². The van der Waals surface area contributed by atoms with Crippen LogP contribution in [0.5, 0.6) is 0 Å². The van der Waals surface area contributed by atoms with Gasteiger partial charge in [-0.25, -0.2) is 0 Å². The highest BCUT2D eigenvalue weighted by atomic mass is 35.5. The molecule has 0 aromatic heterocycles. The number of rotatable bonds is 2. The van der Waals surface area contributed by atoms with Gasteiger partial charge < -0.3 is 4.90 Å². The summed E-state index contributed by atoms with van der Waals surface area (Å²) in [6.45, 7) is 11.1. The van der Waals surface area contributed by atoms with Crippen LogP contribution in [0.25, 0.3) is 0 Å². The fourth-order valence-corrected chi connectivity index (χ4v) is 2.08. The van der Waals surface area contributed by atoms with Crippen LogP contribution >= 0.6 is 11.6 Å². The number of hydrogen-bond donors (Lipinski definition) is 0. The normalized spacial score (nSPS) is 21.9. The molecule has 1 rings (SSSR count). The molecular formula is C14H24ClN. The van der Waals surface area contributed by atoms with Crippen molar-refractivity contribution in [2.24, 2.45) is 5.41 Å². The Labute approximate surface area is 105 Å². The molecule has 0 spiro atoms. The number of allylic oxidation sites excluding steroid dienone is 3. The Balaban J connectivity index is 2.98. The highest BCUT2D eigenvalue weighted by Crippen LogP contribution is 2.35. The molecule has 0 fully saturated rings. The Hall–Kier alpha value is -0.430. The van der Waals surface area contributed by atoms with Gasteiger partial charge in [0, 0.05) is 18.8 Å². The SMILES string of the molecule is CC(C)N(C)C1=CC(Cl)CC(C(C)(C)C)=C1. The van der Waals surface area contributed by atoms with Gasteiger partial charge in [0.2, 0.25) is 0 Å². The Morgan fingerprint density at radius 1 is 1.38 bits per heavy atom. The molecule has 16 heavy (non-hydrogen) atoms. The van der Waals surface area contributed by atoms with Crippen molar-refractivity contribution in [3.8, 4) is 0 Å². The molecule has 0 heterocycles. The molecule has 0 radical (unpaired) electrons. The standard InChI is InChI=1S/C14H24ClN/c1-10(2)16(6)13-8-11(14(3,4)5)7-12(15)9-13/h8-10,12H,7H2,1-6H3. The van der Waals surface area contributed by atoms with Crippen molar-refractivity contribution in [2.45, 2.75) is 52.5 Å². The van der Waals surface area contributed by atoms with Gasteiger partial charge in [0.15, 0.2) is 0 Å². The topological polar surface area (TPSA) is 3.24 Å². The largest absolute Gasteiger partial charge is 0.372 e. The minimum atomic E-state index is 0.135. The fraction of sp³-hybridized carbons (Fsp3) is 0.714. The van der Waals surface area contributed by atoms with Crippen molar-refractivity contribution in [2.75, 3.05) is 7.05 Å². The van der Waals surface area contributed by atoms with Crippen molar-refractivity contribution in [1.82, 2.24) is 4.90 Å². The van der Waals surface area contributed by atoms with Crippen molar-refractivity contribution in [1.29, 1.82) is 0 Å². The minimum Gasteiger partial charge on any atom is -0.372 e. The maximum Gasteiger partial charge on any atom is 0.0576 e. The predicted octanol–water partition coefficient (Wildman–Crippen LogP) is 4.19. The molecule has 0 aromatic carbocycles. The molecule has 1 aliphatic rings. The molecule has 0 saturated carbocycles. The van der Waals surface area contributed by atoms with Gasteiger partial charge in [-0.3, -0.25) is 0 Å². The molecule has 0 saturated heterocycles. The first kappa shape index (κ1) is 13.6. The summed E-state index contributed by atoms with van der Waals surface area (Å²) in [6, 6.07) is 0.505. The predicted molar refractivity (Wildman–Crippen MR) is 72.8 cm³/mol. The Morgan fingerprint density at radius 2 is 1.94 bits per heavy atom. The maximum atomic E-state index is 6.32. The quantitative estimate of drug-likeness (QED) is 0.656. The van der Waals surface area contributed by atoms with Crippen LogP contribution in [0.4, 0.5) is 0 Å². The van der Waals surface area contributed by atoms with Gasteiger partial charge in [-0.15, -0.1) is 11.6 Å². The third-order valence-electron chi connectivity index (χ3n) is 3.23. The maximum absolute atomic E-state index is 6.32. The Bertz CT molecular complexity index is 307. The van der Waals surface area contributed by atoms with Gasteiger partial charge in [0.25, 0.3) is 0 Å². The second-order valence-corrected chi connectivity index (χ2v) is 6.50. The van der Waals surface area contributed by atoms with Crippen LogP contribution in [0.15, 0.2) is 23.4 Å². The molecule has 0 aromatic rings. The van der Waals surface area contributed by atoms with Crippen LogP contribution in [-0.2, 0) is 0 Å². The van der Waals surface area contributed by atoms with Gasteiger partial charge in [-0.1, -0.05) is 26.3 Å². The number of nitrogens with zero attached hydrogens (tertiary/aromatic N) is 1. The first-order valence-corrected chi connectivity index (χ1v) is 6.45. The zero-order valence-corrected chi connectivity index (χ0v) is 12.1. The van der Waals surface area contributed by atoms with E-state index in [-0.39, 0.29) is 10.8 Å². The highest BCUT2D eigenvalue weighted by Gasteiger charge is 2.24.